The minimum atomic E-state index is -0.0116. The molecule has 0 aromatic carbocycles. The number of aliphatic hydroxyl groups excluding tert-OH is 2. The van der Waals surface area contributed by atoms with Crippen molar-refractivity contribution in [2.75, 3.05) is 0 Å². The van der Waals surface area contributed by atoms with E-state index >= 15 is 0 Å². The van der Waals surface area contributed by atoms with Gasteiger partial charge < -0.3 is 19.7 Å². The van der Waals surface area contributed by atoms with Gasteiger partial charge in [0.2, 0.25) is 0 Å². The van der Waals surface area contributed by atoms with E-state index in [-0.39, 0.29) is 23.0 Å². The van der Waals surface area contributed by atoms with E-state index in [1.165, 1.54) is 0 Å². The van der Waals surface area contributed by atoms with E-state index in [1.807, 2.05) is 18.3 Å². The summed E-state index contributed by atoms with van der Waals surface area (Å²) >= 11 is 0. The number of nitrogens with zero attached hydrogens (tertiary/aromatic N) is 2. The molecule has 0 fully saturated rings. The van der Waals surface area contributed by atoms with Gasteiger partial charge in [0, 0.05) is 29.6 Å². The first-order valence-electron chi connectivity index (χ1n) is 9.64. The maximum atomic E-state index is 10.5. The minimum Gasteiger partial charge on any atom is -0.508 e. The molecule has 0 bridgehead atoms. The van der Waals surface area contributed by atoms with Crippen molar-refractivity contribution in [3.8, 4) is 0 Å². The molecule has 148 valence electrons. The van der Waals surface area contributed by atoms with E-state index in [9.17, 15) is 10.2 Å². The summed E-state index contributed by atoms with van der Waals surface area (Å²) in [6.07, 6.45) is 7.99. The molecule has 4 nitrogen and oxygen atoms in total. The van der Waals surface area contributed by atoms with Crippen molar-refractivity contribution in [2.24, 2.45) is 5.41 Å². The van der Waals surface area contributed by atoms with Crippen LogP contribution in [0, 0.1) is 5.41 Å². The highest BCUT2D eigenvalue weighted by molar-refractivity contribution is 5.76. The van der Waals surface area contributed by atoms with Gasteiger partial charge in [-0.2, -0.15) is 0 Å². The molecule has 0 saturated heterocycles. The predicted octanol–water partition coefficient (Wildman–Crippen LogP) is 5.73. The SMILES string of the molecule is C=C/C=C(/O)c1cc2n(c1CC)CC(C(C)(C)C)N1C=C(C(=C)O)C(=C)C=C21. The molecule has 4 heteroatoms. The van der Waals surface area contributed by atoms with Gasteiger partial charge in [-0.25, -0.2) is 0 Å². The second-order valence-corrected chi connectivity index (χ2v) is 8.48. The fourth-order valence-electron chi connectivity index (χ4n) is 4.10. The fraction of sp³-hybridized carbons (Fsp3) is 0.333. The van der Waals surface area contributed by atoms with Crippen molar-refractivity contribution in [3.05, 3.63) is 84.1 Å². The normalized spacial score (nSPS) is 19.6. The molecule has 3 rings (SSSR count). The Labute approximate surface area is 167 Å². The maximum Gasteiger partial charge on any atom is 0.124 e. The minimum absolute atomic E-state index is 0.0116. The van der Waals surface area contributed by atoms with E-state index in [1.54, 1.807) is 12.2 Å². The summed E-state index contributed by atoms with van der Waals surface area (Å²) in [5.74, 6) is 0.248. The van der Waals surface area contributed by atoms with Crippen LogP contribution in [-0.2, 0) is 13.0 Å². The summed E-state index contributed by atoms with van der Waals surface area (Å²) in [4.78, 5) is 2.22. The number of hydrogen-bond donors (Lipinski definition) is 2. The smallest absolute Gasteiger partial charge is 0.124 e. The van der Waals surface area contributed by atoms with Crippen LogP contribution in [0.5, 0.6) is 0 Å². The lowest BCUT2D eigenvalue weighted by atomic mass is 9.83. The Balaban J connectivity index is 2.26. The van der Waals surface area contributed by atoms with Crippen LogP contribution in [0.25, 0.3) is 11.5 Å². The van der Waals surface area contributed by atoms with Gasteiger partial charge in [0.05, 0.1) is 17.4 Å². The third-order valence-corrected chi connectivity index (χ3v) is 5.56. The Morgan fingerprint density at radius 2 is 2.00 bits per heavy atom. The molecule has 1 aromatic heterocycles. The van der Waals surface area contributed by atoms with Gasteiger partial charge >= 0.3 is 0 Å². The summed E-state index contributed by atoms with van der Waals surface area (Å²) in [5.41, 5.74) is 5.37. The van der Waals surface area contributed by atoms with E-state index in [0.29, 0.717) is 5.57 Å². The Kier molecular flexibility index (Phi) is 4.92. The lowest BCUT2D eigenvalue weighted by Gasteiger charge is -2.47. The average molecular weight is 379 g/mol. The number of hydrogen-bond acceptors (Lipinski definition) is 3. The first-order chi connectivity index (χ1) is 13.1. The molecule has 1 aromatic rings. The van der Waals surface area contributed by atoms with Crippen LogP contribution >= 0.6 is 0 Å². The first kappa shape index (κ1) is 19.9. The number of aromatic nitrogens is 1. The van der Waals surface area contributed by atoms with Crippen LogP contribution < -0.4 is 0 Å². The molecule has 1 unspecified atom stereocenters. The van der Waals surface area contributed by atoms with Crippen molar-refractivity contribution in [3.63, 3.8) is 0 Å². The van der Waals surface area contributed by atoms with Gasteiger partial charge in [-0.05, 0) is 35.6 Å². The molecule has 28 heavy (non-hydrogen) atoms. The zero-order valence-electron chi connectivity index (χ0n) is 17.3. The third-order valence-electron chi connectivity index (χ3n) is 5.56. The molecule has 0 saturated carbocycles. The summed E-state index contributed by atoms with van der Waals surface area (Å²) in [6.45, 7) is 21.0. The van der Waals surface area contributed by atoms with Gasteiger partial charge in [0.25, 0.3) is 0 Å². The zero-order chi connectivity index (χ0) is 20.8. The molecular weight excluding hydrogens is 348 g/mol. The zero-order valence-corrected chi connectivity index (χ0v) is 17.3. The molecule has 1 atom stereocenters. The van der Waals surface area contributed by atoms with Crippen LogP contribution in [0.2, 0.25) is 0 Å². The molecule has 0 aliphatic carbocycles. The largest absolute Gasteiger partial charge is 0.508 e. The van der Waals surface area contributed by atoms with E-state index < -0.39 is 0 Å². The molecule has 0 amide bonds. The molecule has 0 radical (unpaired) electrons. The lowest BCUT2D eigenvalue weighted by molar-refractivity contribution is 0.160. The van der Waals surface area contributed by atoms with E-state index in [4.69, 9.17) is 0 Å². The van der Waals surface area contributed by atoms with Crippen LogP contribution in [-0.4, -0.2) is 25.7 Å². The van der Waals surface area contributed by atoms with Crippen LogP contribution in [0.15, 0.2) is 67.1 Å². The second-order valence-electron chi connectivity index (χ2n) is 8.48. The summed E-state index contributed by atoms with van der Waals surface area (Å²) in [6, 6.07) is 2.20. The molecular formula is C24H30N2O2. The van der Waals surface area contributed by atoms with Crippen molar-refractivity contribution in [2.45, 2.75) is 46.7 Å². The quantitative estimate of drug-likeness (QED) is 0.519. The van der Waals surface area contributed by atoms with Crippen LogP contribution in [0.4, 0.5) is 0 Å². The van der Waals surface area contributed by atoms with Gasteiger partial charge in [-0.15, -0.1) is 0 Å². The summed E-state index contributed by atoms with van der Waals surface area (Å²) in [5, 5.41) is 20.5. The second kappa shape index (κ2) is 6.93. The Morgan fingerprint density at radius 3 is 2.54 bits per heavy atom. The topological polar surface area (TPSA) is 48.6 Å². The molecule has 0 spiro atoms. The third kappa shape index (κ3) is 3.13. The predicted molar refractivity (Wildman–Crippen MR) is 117 cm³/mol. The Morgan fingerprint density at radius 1 is 1.32 bits per heavy atom. The highest BCUT2D eigenvalue weighted by Gasteiger charge is 2.39. The van der Waals surface area contributed by atoms with Crippen LogP contribution in [0.1, 0.15) is 44.6 Å². The molecule has 3 heterocycles. The molecule has 2 aliphatic rings. The standard InChI is InChI=1S/C24H30N2O2/c1-8-10-22(28)17-12-21-20-11-15(3)18(16(4)27)13-26(20)23(24(5,6)7)14-25(21)19(17)9-2/h8,10-13,23,27-28H,1,3-4,9,14H2,2,5-7H3/b22-10+. The number of allylic oxidation sites excluding steroid dienone is 4. The summed E-state index contributed by atoms with van der Waals surface area (Å²) in [7, 11) is 0. The average Bonchev–Trinajstić information content (AvgIpc) is 2.98. The monoisotopic (exact) mass is 378 g/mol. The van der Waals surface area contributed by atoms with Crippen molar-refractivity contribution >= 4 is 11.5 Å². The molecule has 2 aliphatic heterocycles. The van der Waals surface area contributed by atoms with Gasteiger partial charge in [-0.3, -0.25) is 0 Å². The van der Waals surface area contributed by atoms with Gasteiger partial charge in [0.15, 0.2) is 0 Å². The van der Waals surface area contributed by atoms with E-state index in [2.05, 4.69) is 56.9 Å². The lowest BCUT2D eigenvalue weighted by Crippen LogP contribution is -2.47. The Bertz CT molecular complexity index is 948. The van der Waals surface area contributed by atoms with E-state index in [0.717, 1.165) is 41.2 Å². The fourth-order valence-corrected chi connectivity index (χ4v) is 4.10. The van der Waals surface area contributed by atoms with Crippen LogP contribution in [0.3, 0.4) is 0 Å². The number of fused-ring (bicyclic) bond motifs is 3. The number of aliphatic hydroxyl groups is 2. The highest BCUT2D eigenvalue weighted by atomic mass is 16.3. The van der Waals surface area contributed by atoms with Crippen molar-refractivity contribution in [1.29, 1.82) is 0 Å². The van der Waals surface area contributed by atoms with Crippen molar-refractivity contribution < 1.29 is 10.2 Å². The number of rotatable bonds is 4. The van der Waals surface area contributed by atoms with Gasteiger partial charge in [0.1, 0.15) is 11.5 Å². The highest BCUT2D eigenvalue weighted by Crippen LogP contribution is 2.43. The first-order valence-corrected chi connectivity index (χ1v) is 9.64. The summed E-state index contributed by atoms with van der Waals surface area (Å²) < 4.78 is 2.31. The molecule has 2 N–H and O–H groups in total. The maximum absolute atomic E-state index is 10.5. The Hall–Kier alpha value is -2.88. The van der Waals surface area contributed by atoms with Gasteiger partial charge in [-0.1, -0.05) is 53.5 Å². The van der Waals surface area contributed by atoms with Crippen molar-refractivity contribution in [1.82, 2.24) is 9.47 Å².